The van der Waals surface area contributed by atoms with Crippen LogP contribution in [-0.4, -0.2) is 23.7 Å². The zero-order valence-electron chi connectivity index (χ0n) is 9.27. The van der Waals surface area contributed by atoms with Crippen LogP contribution in [0.2, 0.25) is 0 Å². The summed E-state index contributed by atoms with van der Waals surface area (Å²) in [5.41, 5.74) is 1.66. The van der Waals surface area contributed by atoms with Crippen molar-refractivity contribution in [1.82, 2.24) is 4.67 Å². The lowest BCUT2D eigenvalue weighted by Gasteiger charge is -2.01. The molecule has 1 amide bonds. The van der Waals surface area contributed by atoms with Gasteiger partial charge in [0.1, 0.15) is 0 Å². The van der Waals surface area contributed by atoms with Crippen molar-refractivity contribution in [3.63, 3.8) is 0 Å². The van der Waals surface area contributed by atoms with Gasteiger partial charge in [-0.15, -0.1) is 6.42 Å². The number of benzene rings is 1. The maximum absolute atomic E-state index is 11.8. The Morgan fingerprint density at radius 2 is 2.35 bits per heavy atom. The average molecular weight is 224 g/mol. The number of carbonyl (C=O) groups is 1. The van der Waals surface area contributed by atoms with Gasteiger partial charge in [0.05, 0.1) is 6.92 Å². The van der Waals surface area contributed by atoms with Gasteiger partial charge in [-0.1, -0.05) is 12.0 Å². The van der Waals surface area contributed by atoms with Gasteiger partial charge in [0, 0.05) is 11.3 Å². The van der Waals surface area contributed by atoms with Gasteiger partial charge in [-0.3, -0.25) is 4.79 Å². The van der Waals surface area contributed by atoms with Crippen LogP contribution in [0, 0.1) is 12.3 Å². The van der Waals surface area contributed by atoms with Crippen LogP contribution in [0.3, 0.4) is 0 Å². The molecule has 0 radical (unpaired) electrons. The molecule has 0 atom stereocenters. The number of nitrogens with zero attached hydrogens (tertiary/aromatic N) is 2. The molecule has 0 bridgehead atoms. The first-order chi connectivity index (χ1) is 8.19. The van der Waals surface area contributed by atoms with Crippen molar-refractivity contribution in [2.45, 2.75) is 6.92 Å². The summed E-state index contributed by atoms with van der Waals surface area (Å²) in [6.07, 6.45) is 6.72. The second-order valence-corrected chi connectivity index (χ2v) is 3.48. The van der Waals surface area contributed by atoms with E-state index < -0.39 is 0 Å². The van der Waals surface area contributed by atoms with Gasteiger partial charge in [0.2, 0.25) is 6.21 Å². The monoisotopic (exact) mass is 224 g/mol. The van der Waals surface area contributed by atoms with E-state index in [2.05, 4.69) is 20.9 Å². The largest absolute Gasteiger partial charge is 0.387 e. The average Bonchev–Trinajstić information content (AvgIpc) is 2.76. The number of nitrogens with one attached hydrogen (secondary N) is 1. The normalized spacial score (nSPS) is 12.7. The third kappa shape index (κ3) is 2.49. The molecule has 2 rings (SSSR count). The van der Waals surface area contributed by atoms with Crippen molar-refractivity contribution < 1.29 is 4.79 Å². The molecule has 0 aromatic heterocycles. The zero-order chi connectivity index (χ0) is 12.3. The van der Waals surface area contributed by atoms with Crippen molar-refractivity contribution in [1.29, 1.82) is 0 Å². The summed E-state index contributed by atoms with van der Waals surface area (Å²) in [5.74, 6) is 2.79. The molecule has 1 aromatic rings. The molecule has 0 fully saturated rings. The lowest BCUT2D eigenvalue weighted by molar-refractivity contribution is -0.110. The number of carbonyl (C=O) groups excluding carboxylic acids is 1. The molecule has 0 unspecified atom stereocenters. The highest BCUT2D eigenvalue weighted by atomic mass is 16.1. The summed E-state index contributed by atoms with van der Waals surface area (Å²) >= 11 is 0. The minimum absolute atomic E-state index is 0.292. The fourth-order valence-corrected chi connectivity index (χ4v) is 1.38. The summed E-state index contributed by atoms with van der Waals surface area (Å²) in [4.78, 5) is 15.7. The van der Waals surface area contributed by atoms with Crippen LogP contribution in [0.5, 0.6) is 0 Å². The summed E-state index contributed by atoms with van der Waals surface area (Å²) in [7, 11) is 0. The van der Waals surface area contributed by atoms with E-state index in [-0.39, 0.29) is 5.91 Å². The van der Waals surface area contributed by atoms with E-state index in [1.165, 1.54) is 6.21 Å². The molecule has 1 N–H and O–H groups in total. The van der Waals surface area contributed by atoms with E-state index >= 15 is 0 Å². The van der Waals surface area contributed by atoms with Crippen LogP contribution in [0.1, 0.15) is 12.5 Å². The van der Waals surface area contributed by atoms with Crippen molar-refractivity contribution in [2.75, 3.05) is 5.32 Å². The Labute approximate surface area is 98.8 Å². The Kier molecular flexibility index (Phi) is 2.87. The molecule has 17 heavy (non-hydrogen) atoms. The molecule has 82 valence electrons. The van der Waals surface area contributed by atoms with Gasteiger partial charge < -0.3 is 5.32 Å². The molecule has 1 heterocycles. The number of anilines is 1. The van der Waals surface area contributed by atoms with E-state index in [1.807, 2.05) is 0 Å². The van der Waals surface area contributed by atoms with Crippen LogP contribution >= 0.6 is 0 Å². The summed E-state index contributed by atoms with van der Waals surface area (Å²) in [6, 6.07) is 7.07. The number of hydrogen-bond donors (Lipinski definition) is 1. The van der Waals surface area contributed by atoms with Crippen molar-refractivity contribution in [3.8, 4) is 12.3 Å². The molecule has 1 aromatic carbocycles. The van der Waals surface area contributed by atoms with Gasteiger partial charge >= 0.3 is 11.7 Å². The van der Waals surface area contributed by atoms with Gasteiger partial charge in [0.25, 0.3) is 5.71 Å². The SMILES string of the molecule is C#Cc1cccc(NC(=O)C2=NC(C)=[N+]=C2)c1. The van der Waals surface area contributed by atoms with Crippen molar-refractivity contribution in [2.24, 2.45) is 4.99 Å². The van der Waals surface area contributed by atoms with Crippen LogP contribution in [0.4, 0.5) is 5.69 Å². The highest BCUT2D eigenvalue weighted by Gasteiger charge is 2.22. The standard InChI is InChI=1S/C13H9N3O/c1-3-10-5-4-6-11(7-10)16-13(17)12-8-14-9(2)15-12/h1,4-8H,2H3/p+1. The maximum Gasteiger partial charge on any atom is 0.387 e. The molecular weight excluding hydrogens is 214 g/mol. The molecule has 0 aliphatic carbocycles. The van der Waals surface area contributed by atoms with Gasteiger partial charge in [0.15, 0.2) is 0 Å². The summed E-state index contributed by atoms with van der Waals surface area (Å²) < 4.78 is 3.91. The van der Waals surface area contributed by atoms with Crippen LogP contribution < -0.4 is 9.98 Å². The first-order valence-corrected chi connectivity index (χ1v) is 5.03. The highest BCUT2D eigenvalue weighted by molar-refractivity contribution is 6.64. The smallest absolute Gasteiger partial charge is 0.319 e. The number of terminal acetylenes is 1. The van der Waals surface area contributed by atoms with Crippen LogP contribution in [-0.2, 0) is 4.79 Å². The first kappa shape index (κ1) is 10.9. The topological polar surface area (TPSA) is 55.6 Å². The van der Waals surface area contributed by atoms with Crippen LogP contribution in [0.15, 0.2) is 29.3 Å². The first-order valence-electron chi connectivity index (χ1n) is 5.03. The Hall–Kier alpha value is -2.63. The maximum atomic E-state index is 11.8. The fourth-order valence-electron chi connectivity index (χ4n) is 1.38. The van der Waals surface area contributed by atoms with E-state index in [0.29, 0.717) is 22.8 Å². The third-order valence-corrected chi connectivity index (χ3v) is 2.18. The Balaban J connectivity index is 2.12. The van der Waals surface area contributed by atoms with Crippen molar-refractivity contribution in [3.05, 3.63) is 29.8 Å². The van der Waals surface area contributed by atoms with E-state index in [1.54, 1.807) is 31.2 Å². The molecule has 0 spiro atoms. The predicted molar refractivity (Wildman–Crippen MR) is 69.3 cm³/mol. The molecule has 1 aliphatic heterocycles. The molecular formula is C13H10N3O+. The third-order valence-electron chi connectivity index (χ3n) is 2.18. The van der Waals surface area contributed by atoms with E-state index in [9.17, 15) is 4.79 Å². The number of aliphatic imine (C=N–C) groups is 1. The Morgan fingerprint density at radius 1 is 1.53 bits per heavy atom. The number of rotatable bonds is 2. The molecule has 0 saturated carbocycles. The second-order valence-electron chi connectivity index (χ2n) is 3.48. The number of amidine groups is 1. The Morgan fingerprint density at radius 3 is 3.00 bits per heavy atom. The van der Waals surface area contributed by atoms with E-state index in [4.69, 9.17) is 6.42 Å². The number of amides is 1. The second kappa shape index (κ2) is 4.48. The zero-order valence-corrected chi connectivity index (χ0v) is 9.27. The molecule has 0 saturated heterocycles. The van der Waals surface area contributed by atoms with E-state index in [0.717, 1.165) is 0 Å². The van der Waals surface area contributed by atoms with Gasteiger partial charge in [-0.25, -0.2) is 4.67 Å². The van der Waals surface area contributed by atoms with Gasteiger partial charge in [-0.05, 0) is 23.2 Å². The minimum atomic E-state index is -0.292. The van der Waals surface area contributed by atoms with Crippen LogP contribution in [0.25, 0.3) is 0 Å². The minimum Gasteiger partial charge on any atom is -0.319 e. The lowest BCUT2D eigenvalue weighted by Crippen LogP contribution is -2.23. The van der Waals surface area contributed by atoms with Gasteiger partial charge in [-0.2, -0.15) is 0 Å². The summed E-state index contributed by atoms with van der Waals surface area (Å²) in [5, 5.41) is 2.71. The predicted octanol–water partition coefficient (Wildman–Crippen LogP) is 0.617. The summed E-state index contributed by atoms with van der Waals surface area (Å²) in [6.45, 7) is 1.73. The number of hydrogen-bond acceptors (Lipinski definition) is 2. The molecule has 1 aliphatic rings. The Bertz CT molecular complexity index is 614. The highest BCUT2D eigenvalue weighted by Crippen LogP contribution is 2.09. The lowest BCUT2D eigenvalue weighted by atomic mass is 10.2. The van der Waals surface area contributed by atoms with Crippen molar-refractivity contribution >= 4 is 29.4 Å². The molecule has 4 heteroatoms. The fraction of sp³-hybridized carbons (Fsp3) is 0.0769. The molecule has 4 nitrogen and oxygen atoms in total. The quantitative estimate of drug-likeness (QED) is 0.581.